The summed E-state index contributed by atoms with van der Waals surface area (Å²) in [6, 6.07) is 47.3. The maximum absolute atomic E-state index is 12.3. The number of aliphatic hydroxyl groups is 1. The van der Waals surface area contributed by atoms with E-state index < -0.39 is 5.60 Å². The van der Waals surface area contributed by atoms with E-state index in [1.54, 1.807) is 0 Å². The fourth-order valence-electron chi connectivity index (χ4n) is 7.07. The first-order valence-corrected chi connectivity index (χ1v) is 13.3. The van der Waals surface area contributed by atoms with Crippen molar-refractivity contribution < 1.29 is 5.11 Å². The lowest BCUT2D eigenvalue weighted by Gasteiger charge is -2.29. The van der Waals surface area contributed by atoms with Crippen molar-refractivity contribution in [1.29, 1.82) is 0 Å². The molecule has 0 saturated carbocycles. The van der Waals surface area contributed by atoms with Crippen molar-refractivity contribution in [2.24, 2.45) is 0 Å². The zero-order chi connectivity index (χ0) is 25.5. The Kier molecular flexibility index (Phi) is 4.29. The molecule has 6 aromatic carbocycles. The van der Waals surface area contributed by atoms with E-state index in [9.17, 15) is 5.11 Å². The molecule has 180 valence electrons. The summed E-state index contributed by atoms with van der Waals surface area (Å²) in [5.74, 6) is 0. The van der Waals surface area contributed by atoms with E-state index >= 15 is 0 Å². The highest BCUT2D eigenvalue weighted by Crippen LogP contribution is 2.53. The quantitative estimate of drug-likeness (QED) is 0.260. The monoisotopic (exact) mass is 486 g/mol. The van der Waals surface area contributed by atoms with Crippen LogP contribution in [0.1, 0.15) is 40.3 Å². The van der Waals surface area contributed by atoms with Crippen LogP contribution in [0.5, 0.6) is 0 Å². The van der Waals surface area contributed by atoms with Crippen molar-refractivity contribution in [3.63, 3.8) is 0 Å². The minimum atomic E-state index is -1.17. The topological polar surface area (TPSA) is 20.2 Å². The molecule has 38 heavy (non-hydrogen) atoms. The molecular formula is C37H26O. The van der Waals surface area contributed by atoms with Crippen molar-refractivity contribution in [3.05, 3.63) is 167 Å². The van der Waals surface area contributed by atoms with Crippen LogP contribution >= 0.6 is 0 Å². The molecule has 1 N–H and O–H groups in total. The third kappa shape index (κ3) is 2.64. The van der Waals surface area contributed by atoms with Crippen LogP contribution in [0.25, 0.3) is 33.0 Å². The maximum atomic E-state index is 12.3. The van der Waals surface area contributed by atoms with E-state index in [0.29, 0.717) is 0 Å². The smallest absolute Gasteiger partial charge is 0.141 e. The van der Waals surface area contributed by atoms with Gasteiger partial charge in [-0.05, 0) is 74.3 Å². The normalized spacial score (nSPS) is 15.5. The van der Waals surface area contributed by atoms with Gasteiger partial charge in [0, 0.05) is 16.5 Å². The average Bonchev–Trinajstić information content (AvgIpc) is 3.41. The second-order valence-electron chi connectivity index (χ2n) is 10.8. The van der Waals surface area contributed by atoms with E-state index in [-0.39, 0.29) is 5.41 Å². The van der Waals surface area contributed by atoms with Crippen LogP contribution in [-0.4, -0.2) is 5.11 Å². The molecule has 0 radical (unpaired) electrons. The van der Waals surface area contributed by atoms with Gasteiger partial charge in [-0.1, -0.05) is 121 Å². The van der Waals surface area contributed by atoms with E-state index in [2.05, 4.69) is 116 Å². The van der Waals surface area contributed by atoms with Crippen LogP contribution in [0.15, 0.2) is 133 Å². The van der Waals surface area contributed by atoms with E-state index in [1.165, 1.54) is 33.2 Å². The van der Waals surface area contributed by atoms with Crippen molar-refractivity contribution in [2.45, 2.75) is 17.9 Å². The van der Waals surface area contributed by atoms with E-state index in [4.69, 9.17) is 0 Å². The molecule has 0 saturated heterocycles. The Balaban J connectivity index is 1.30. The molecule has 0 heterocycles. The van der Waals surface area contributed by atoms with Gasteiger partial charge in [-0.25, -0.2) is 0 Å². The largest absolute Gasteiger partial charge is 0.376 e. The van der Waals surface area contributed by atoms with Crippen LogP contribution in [0, 0.1) is 0 Å². The summed E-state index contributed by atoms with van der Waals surface area (Å²) in [6.07, 6.45) is 0. The molecule has 0 fully saturated rings. The number of fused-ring (bicyclic) bond motifs is 7. The molecule has 0 amide bonds. The predicted octanol–water partition coefficient (Wildman–Crippen LogP) is 8.44. The van der Waals surface area contributed by atoms with Gasteiger partial charge in [0.25, 0.3) is 0 Å². The van der Waals surface area contributed by atoms with Gasteiger partial charge in [-0.15, -0.1) is 0 Å². The second-order valence-corrected chi connectivity index (χ2v) is 10.8. The van der Waals surface area contributed by atoms with Crippen LogP contribution in [-0.2, 0) is 11.0 Å². The van der Waals surface area contributed by atoms with Crippen LogP contribution in [0.2, 0.25) is 0 Å². The zero-order valence-electron chi connectivity index (χ0n) is 21.1. The first-order chi connectivity index (χ1) is 18.6. The lowest BCUT2D eigenvalue weighted by atomic mass is 9.73. The summed E-state index contributed by atoms with van der Waals surface area (Å²) in [6.45, 7) is 2.35. The lowest BCUT2D eigenvalue weighted by Crippen LogP contribution is -2.26. The first kappa shape index (κ1) is 21.6. The SMILES string of the molecule is CC1(c2ccc3cc(C4(O)c5ccccc5-c5ccccc54)ccc3c2)c2ccccc2-c2ccccc21. The van der Waals surface area contributed by atoms with Gasteiger partial charge in [0.15, 0.2) is 0 Å². The Morgan fingerprint density at radius 2 is 0.789 bits per heavy atom. The van der Waals surface area contributed by atoms with Gasteiger partial charge >= 0.3 is 0 Å². The van der Waals surface area contributed by atoms with Crippen molar-refractivity contribution in [2.75, 3.05) is 0 Å². The summed E-state index contributed by atoms with van der Waals surface area (Å²) in [7, 11) is 0. The molecule has 6 aromatic rings. The molecule has 0 unspecified atom stereocenters. The Bertz CT molecular complexity index is 1680. The predicted molar refractivity (Wildman–Crippen MR) is 155 cm³/mol. The molecule has 1 nitrogen and oxygen atoms in total. The highest BCUT2D eigenvalue weighted by atomic mass is 16.3. The fourth-order valence-corrected chi connectivity index (χ4v) is 7.07. The van der Waals surface area contributed by atoms with Crippen LogP contribution < -0.4 is 0 Å². The van der Waals surface area contributed by atoms with Crippen LogP contribution in [0.4, 0.5) is 0 Å². The number of rotatable bonds is 2. The molecule has 0 atom stereocenters. The highest BCUT2D eigenvalue weighted by Gasteiger charge is 2.43. The summed E-state index contributed by atoms with van der Waals surface area (Å²) in [5, 5.41) is 14.6. The minimum Gasteiger partial charge on any atom is -0.376 e. The van der Waals surface area contributed by atoms with Crippen LogP contribution in [0.3, 0.4) is 0 Å². The van der Waals surface area contributed by atoms with E-state index in [1.807, 2.05) is 24.3 Å². The second kappa shape index (κ2) is 7.54. The van der Waals surface area contributed by atoms with Gasteiger partial charge in [0.2, 0.25) is 0 Å². The van der Waals surface area contributed by atoms with Crippen molar-refractivity contribution in [3.8, 4) is 22.3 Å². The third-order valence-corrected chi connectivity index (χ3v) is 8.98. The van der Waals surface area contributed by atoms with Gasteiger partial charge in [-0.3, -0.25) is 0 Å². The van der Waals surface area contributed by atoms with Gasteiger partial charge in [0.05, 0.1) is 0 Å². The molecule has 0 spiro atoms. The summed E-state index contributed by atoms with van der Waals surface area (Å²) >= 11 is 0. The number of hydrogen-bond acceptors (Lipinski definition) is 1. The molecule has 8 rings (SSSR count). The Morgan fingerprint density at radius 1 is 0.421 bits per heavy atom. The zero-order valence-corrected chi connectivity index (χ0v) is 21.1. The Labute approximate surface area is 222 Å². The molecule has 2 aliphatic rings. The fraction of sp³-hybridized carbons (Fsp3) is 0.0811. The lowest BCUT2D eigenvalue weighted by molar-refractivity contribution is 0.131. The molecule has 0 aromatic heterocycles. The maximum Gasteiger partial charge on any atom is 0.141 e. The molecular weight excluding hydrogens is 460 g/mol. The average molecular weight is 487 g/mol. The molecule has 1 heteroatoms. The summed E-state index contributed by atoms with van der Waals surface area (Å²) < 4.78 is 0. The number of benzene rings is 6. The summed E-state index contributed by atoms with van der Waals surface area (Å²) in [4.78, 5) is 0. The number of hydrogen-bond donors (Lipinski definition) is 1. The Morgan fingerprint density at radius 3 is 1.29 bits per heavy atom. The van der Waals surface area contributed by atoms with Crippen molar-refractivity contribution in [1.82, 2.24) is 0 Å². The van der Waals surface area contributed by atoms with Gasteiger partial charge < -0.3 is 5.11 Å². The Hall–Kier alpha value is -4.46. The van der Waals surface area contributed by atoms with Gasteiger partial charge in [-0.2, -0.15) is 0 Å². The summed E-state index contributed by atoms with van der Waals surface area (Å²) in [5.41, 5.74) is 10.2. The third-order valence-electron chi connectivity index (χ3n) is 8.98. The van der Waals surface area contributed by atoms with Gasteiger partial charge in [0.1, 0.15) is 5.60 Å². The minimum absolute atomic E-state index is 0.221. The molecule has 0 bridgehead atoms. The van der Waals surface area contributed by atoms with E-state index in [0.717, 1.165) is 33.2 Å². The standard InChI is InChI=1S/C37H26O/c1-36(32-14-6-2-10-28(32)29-11-3-7-15-33(29)36)26-20-18-25-23-27(21-19-24(25)22-26)37(38)34-16-8-4-12-30(34)31-13-5-9-17-35(31)37/h2-23,38H,1H3. The molecule has 2 aliphatic carbocycles. The highest BCUT2D eigenvalue weighted by molar-refractivity contribution is 5.89. The van der Waals surface area contributed by atoms with Crippen molar-refractivity contribution >= 4 is 10.8 Å². The first-order valence-electron chi connectivity index (χ1n) is 13.3. The molecule has 0 aliphatic heterocycles.